The molecule has 1 rings (SSSR count). The van der Waals surface area contributed by atoms with E-state index in [0.29, 0.717) is 5.88 Å². The number of hydrogen-bond donors (Lipinski definition) is 1. The molecule has 0 aliphatic rings. The largest absolute Gasteiger partial charge is 0.281 e. The Labute approximate surface area is 46.5 Å². The molecule has 0 unspecified atom stereocenters. The van der Waals surface area contributed by atoms with Gasteiger partial charge < -0.3 is 0 Å². The first-order valence-electron chi connectivity index (χ1n) is 1.89. The summed E-state index contributed by atoms with van der Waals surface area (Å²) >= 11 is 5.37. The maximum absolute atomic E-state index is 5.37. The van der Waals surface area contributed by atoms with Crippen LogP contribution in [0, 0.1) is 6.07 Å². The van der Waals surface area contributed by atoms with E-state index in [2.05, 4.69) is 16.3 Å². The van der Waals surface area contributed by atoms with Gasteiger partial charge in [-0.15, -0.1) is 11.6 Å². The van der Waals surface area contributed by atoms with Crippen LogP contribution in [0.1, 0.15) is 5.69 Å². The summed E-state index contributed by atoms with van der Waals surface area (Å²) < 4.78 is 0. The van der Waals surface area contributed by atoms with Gasteiger partial charge in [0.25, 0.3) is 0 Å². The Hall–Kier alpha value is -0.500. The van der Waals surface area contributed by atoms with Crippen molar-refractivity contribution < 1.29 is 0 Å². The zero-order valence-corrected chi connectivity index (χ0v) is 4.37. The minimum absolute atomic E-state index is 0.458. The highest BCUT2D eigenvalue weighted by Crippen LogP contribution is 1.93. The average Bonchev–Trinajstić information content (AvgIpc) is 2.14. The Kier molecular flexibility index (Phi) is 1.32. The molecule has 37 valence electrons. The van der Waals surface area contributed by atoms with Crippen LogP contribution in [0.2, 0.25) is 0 Å². The first kappa shape index (κ1) is 4.65. The van der Waals surface area contributed by atoms with Gasteiger partial charge in [0, 0.05) is 6.07 Å². The van der Waals surface area contributed by atoms with E-state index in [1.165, 1.54) is 0 Å². The van der Waals surface area contributed by atoms with Crippen LogP contribution in [0.5, 0.6) is 0 Å². The molecule has 0 atom stereocenters. The second kappa shape index (κ2) is 1.98. The summed E-state index contributed by atoms with van der Waals surface area (Å²) in [5.41, 5.74) is 0.835. The number of hydrogen-bond acceptors (Lipinski definition) is 1. The van der Waals surface area contributed by atoms with E-state index in [1.54, 1.807) is 6.20 Å². The fourth-order valence-corrected chi connectivity index (χ4v) is 0.458. The van der Waals surface area contributed by atoms with Gasteiger partial charge >= 0.3 is 0 Å². The van der Waals surface area contributed by atoms with Crippen LogP contribution in [0.15, 0.2) is 6.20 Å². The fourth-order valence-electron chi connectivity index (χ4n) is 0.321. The summed E-state index contributed by atoms with van der Waals surface area (Å²) in [5.74, 6) is 0.458. The van der Waals surface area contributed by atoms with Crippen molar-refractivity contribution in [2.45, 2.75) is 5.88 Å². The van der Waals surface area contributed by atoms with E-state index in [1.807, 2.05) is 0 Å². The third-order valence-corrected chi connectivity index (χ3v) is 0.904. The number of aromatic amines is 1. The van der Waals surface area contributed by atoms with Crippen molar-refractivity contribution in [3.63, 3.8) is 0 Å². The molecule has 0 aromatic carbocycles. The topological polar surface area (TPSA) is 28.7 Å². The Morgan fingerprint density at radius 1 is 2.00 bits per heavy atom. The second-order valence-electron chi connectivity index (χ2n) is 1.13. The minimum atomic E-state index is 0.458. The number of alkyl halides is 1. The van der Waals surface area contributed by atoms with Crippen molar-refractivity contribution in [1.29, 1.82) is 0 Å². The molecule has 7 heavy (non-hydrogen) atoms. The van der Waals surface area contributed by atoms with Gasteiger partial charge in [0.15, 0.2) is 0 Å². The van der Waals surface area contributed by atoms with E-state index < -0.39 is 0 Å². The van der Waals surface area contributed by atoms with Gasteiger partial charge in [0.2, 0.25) is 0 Å². The number of halogens is 1. The van der Waals surface area contributed by atoms with Crippen LogP contribution in [-0.4, -0.2) is 10.2 Å². The third kappa shape index (κ3) is 0.933. The molecule has 0 saturated carbocycles. The molecule has 0 aliphatic heterocycles. The molecule has 0 saturated heterocycles. The molecule has 1 N–H and O–H groups in total. The van der Waals surface area contributed by atoms with Gasteiger partial charge in [-0.05, 0) is 0 Å². The number of aromatic nitrogens is 2. The number of H-pyrrole nitrogens is 1. The fraction of sp³-hybridized carbons (Fsp3) is 0.250. The minimum Gasteiger partial charge on any atom is -0.281 e. The lowest BCUT2D eigenvalue weighted by Crippen LogP contribution is -1.73. The summed E-state index contributed by atoms with van der Waals surface area (Å²) in [6.45, 7) is 0. The predicted octanol–water partition coefficient (Wildman–Crippen LogP) is 0.949. The molecular weight excluding hydrogens is 112 g/mol. The third-order valence-electron chi connectivity index (χ3n) is 0.636. The monoisotopic (exact) mass is 115 g/mol. The SMILES string of the molecule is ClCc1[c]cn[nH]1. The molecule has 3 heteroatoms. The van der Waals surface area contributed by atoms with Crippen LogP contribution in [-0.2, 0) is 5.88 Å². The average molecular weight is 116 g/mol. The quantitative estimate of drug-likeness (QED) is 0.543. The van der Waals surface area contributed by atoms with Gasteiger partial charge in [-0.1, -0.05) is 0 Å². The molecule has 0 bridgehead atoms. The summed E-state index contributed by atoms with van der Waals surface area (Å²) in [6, 6.07) is 2.79. The van der Waals surface area contributed by atoms with Crippen molar-refractivity contribution in [3.8, 4) is 0 Å². The smallest absolute Gasteiger partial charge is 0.0647 e. The second-order valence-corrected chi connectivity index (χ2v) is 1.39. The molecular formula is C4H4ClN2. The van der Waals surface area contributed by atoms with Gasteiger partial charge in [0.1, 0.15) is 0 Å². The van der Waals surface area contributed by atoms with Crippen molar-refractivity contribution in [1.82, 2.24) is 10.2 Å². The molecule has 1 aromatic rings. The lowest BCUT2D eigenvalue weighted by atomic mass is 10.5. The maximum Gasteiger partial charge on any atom is 0.0647 e. The first-order chi connectivity index (χ1) is 3.43. The van der Waals surface area contributed by atoms with E-state index in [0.717, 1.165) is 5.69 Å². The van der Waals surface area contributed by atoms with Crippen molar-refractivity contribution in [2.24, 2.45) is 0 Å². The Morgan fingerprint density at radius 2 is 2.86 bits per heavy atom. The number of nitrogens with one attached hydrogen (secondary N) is 1. The summed E-state index contributed by atoms with van der Waals surface area (Å²) in [6.07, 6.45) is 1.55. The summed E-state index contributed by atoms with van der Waals surface area (Å²) in [7, 11) is 0. The highest BCUT2D eigenvalue weighted by molar-refractivity contribution is 6.16. The van der Waals surface area contributed by atoms with Crippen LogP contribution >= 0.6 is 11.6 Å². The molecule has 1 aromatic heterocycles. The molecule has 0 amide bonds. The lowest BCUT2D eigenvalue weighted by molar-refractivity contribution is 1.03. The van der Waals surface area contributed by atoms with Crippen LogP contribution in [0.3, 0.4) is 0 Å². The highest BCUT2D eigenvalue weighted by atomic mass is 35.5. The molecule has 1 heterocycles. The van der Waals surface area contributed by atoms with Crippen LogP contribution < -0.4 is 0 Å². The first-order valence-corrected chi connectivity index (χ1v) is 2.43. The predicted molar refractivity (Wildman–Crippen MR) is 27.0 cm³/mol. The van der Waals surface area contributed by atoms with Crippen LogP contribution in [0.4, 0.5) is 0 Å². The van der Waals surface area contributed by atoms with E-state index in [4.69, 9.17) is 11.6 Å². The van der Waals surface area contributed by atoms with E-state index in [9.17, 15) is 0 Å². The molecule has 0 spiro atoms. The van der Waals surface area contributed by atoms with Gasteiger partial charge in [-0.25, -0.2) is 0 Å². The van der Waals surface area contributed by atoms with Crippen LogP contribution in [0.25, 0.3) is 0 Å². The van der Waals surface area contributed by atoms with Crippen molar-refractivity contribution in [3.05, 3.63) is 18.0 Å². The molecule has 0 fully saturated rings. The molecule has 0 aliphatic carbocycles. The van der Waals surface area contributed by atoms with Gasteiger partial charge in [-0.2, -0.15) is 5.10 Å². The standard InChI is InChI=1S/C4H4ClN2/c5-3-4-1-2-6-7-4/h2H,3H2,(H,6,7). The van der Waals surface area contributed by atoms with Gasteiger partial charge in [0.05, 0.1) is 17.8 Å². The zero-order chi connectivity index (χ0) is 5.11. The highest BCUT2D eigenvalue weighted by Gasteiger charge is 1.85. The zero-order valence-electron chi connectivity index (χ0n) is 3.61. The lowest BCUT2D eigenvalue weighted by Gasteiger charge is -1.76. The van der Waals surface area contributed by atoms with Crippen molar-refractivity contribution in [2.75, 3.05) is 0 Å². The molecule has 1 radical (unpaired) electrons. The number of rotatable bonds is 1. The summed E-state index contributed by atoms with van der Waals surface area (Å²) in [4.78, 5) is 0. The van der Waals surface area contributed by atoms with Crippen molar-refractivity contribution >= 4 is 11.6 Å². The Balaban J connectivity index is 2.76. The normalized spacial score (nSPS) is 9.29. The van der Waals surface area contributed by atoms with E-state index in [-0.39, 0.29) is 0 Å². The Bertz CT molecular complexity index is 124. The number of nitrogens with zero attached hydrogens (tertiary/aromatic N) is 1. The maximum atomic E-state index is 5.37. The van der Waals surface area contributed by atoms with Gasteiger partial charge in [-0.3, -0.25) is 5.10 Å². The molecule has 2 nitrogen and oxygen atoms in total. The Morgan fingerprint density at radius 3 is 3.14 bits per heavy atom. The van der Waals surface area contributed by atoms with E-state index >= 15 is 0 Å². The summed E-state index contributed by atoms with van der Waals surface area (Å²) in [5, 5.41) is 6.28.